The number of carbonyl (C=O) groups excluding carboxylic acids is 1. The van der Waals surface area contributed by atoms with E-state index in [0.29, 0.717) is 27.9 Å². The molecule has 1 aliphatic heterocycles. The summed E-state index contributed by atoms with van der Waals surface area (Å²) in [6.45, 7) is 7.45. The number of H-pyrrole nitrogens is 1. The number of aromatic nitrogens is 3. The maximum atomic E-state index is 13.2. The minimum Gasteiger partial charge on any atom is -0.496 e. The highest BCUT2D eigenvalue weighted by atomic mass is 32.2. The number of hydrogen-bond acceptors (Lipinski definition) is 6. The molecule has 3 aromatic rings. The van der Waals surface area contributed by atoms with Crippen molar-refractivity contribution in [3.63, 3.8) is 0 Å². The van der Waals surface area contributed by atoms with Crippen molar-refractivity contribution in [1.29, 1.82) is 0 Å². The Morgan fingerprint density at radius 3 is 2.61 bits per heavy atom. The van der Waals surface area contributed by atoms with Gasteiger partial charge in [-0.3, -0.25) is 14.6 Å². The number of amides is 1. The quantitative estimate of drug-likeness (QED) is 0.444. The van der Waals surface area contributed by atoms with Gasteiger partial charge in [-0.2, -0.15) is 0 Å². The van der Waals surface area contributed by atoms with Crippen molar-refractivity contribution in [2.45, 2.75) is 32.1 Å². The number of benzene rings is 2. The van der Waals surface area contributed by atoms with E-state index in [9.17, 15) is 9.59 Å². The third kappa shape index (κ3) is 3.86. The number of aromatic amines is 1. The Bertz CT molecular complexity index is 1260. The Morgan fingerprint density at radius 2 is 1.97 bits per heavy atom. The van der Waals surface area contributed by atoms with Gasteiger partial charge in [-0.1, -0.05) is 23.9 Å². The standard InChI is InChI=1S/C24H27N5O3S/c1-6-27(7-2)16-12-13-18(20(14-16)32-4)23-28(15(3)30)19-11-9-8-10-17(19)21-22(31)25-24(33-5)26-29(21)23/h8-14,23H,6-7H2,1-5H3/p+1/t23-/m1/s1. The summed E-state index contributed by atoms with van der Waals surface area (Å²) in [5.41, 5.74) is 3.24. The van der Waals surface area contributed by atoms with Crippen molar-refractivity contribution in [3.05, 3.63) is 58.4 Å². The van der Waals surface area contributed by atoms with Crippen molar-refractivity contribution in [1.82, 2.24) is 10.1 Å². The fourth-order valence-corrected chi connectivity index (χ4v) is 4.75. The fraction of sp³-hybridized carbons (Fsp3) is 0.333. The molecule has 33 heavy (non-hydrogen) atoms. The van der Waals surface area contributed by atoms with E-state index < -0.39 is 6.17 Å². The second-order valence-corrected chi connectivity index (χ2v) is 8.43. The van der Waals surface area contributed by atoms with Gasteiger partial charge in [0.2, 0.25) is 11.1 Å². The second-order valence-electron chi connectivity index (χ2n) is 7.63. The summed E-state index contributed by atoms with van der Waals surface area (Å²) in [6, 6.07) is 13.4. The number of carbonyl (C=O) groups is 1. The topological polar surface area (TPSA) is 82.4 Å². The van der Waals surface area contributed by atoms with E-state index in [1.165, 1.54) is 18.7 Å². The lowest BCUT2D eigenvalue weighted by Crippen LogP contribution is -2.60. The minimum atomic E-state index is -0.679. The Labute approximate surface area is 197 Å². The molecule has 4 rings (SSSR count). The van der Waals surface area contributed by atoms with Crippen molar-refractivity contribution in [3.8, 4) is 17.0 Å². The number of fused-ring (bicyclic) bond motifs is 3. The Balaban J connectivity index is 2.03. The van der Waals surface area contributed by atoms with Crippen LogP contribution in [-0.2, 0) is 4.79 Å². The summed E-state index contributed by atoms with van der Waals surface area (Å²) < 4.78 is 7.44. The summed E-state index contributed by atoms with van der Waals surface area (Å²) in [6.07, 6.45) is 1.17. The summed E-state index contributed by atoms with van der Waals surface area (Å²) in [5.74, 6) is 0.467. The van der Waals surface area contributed by atoms with Gasteiger partial charge in [-0.25, -0.2) is 4.90 Å². The van der Waals surface area contributed by atoms with E-state index in [2.05, 4.69) is 23.7 Å². The van der Waals surface area contributed by atoms with Gasteiger partial charge < -0.3 is 9.64 Å². The van der Waals surface area contributed by atoms with Gasteiger partial charge in [0.25, 0.3) is 6.17 Å². The molecule has 2 aromatic carbocycles. The first kappa shape index (κ1) is 22.8. The van der Waals surface area contributed by atoms with Gasteiger partial charge >= 0.3 is 11.3 Å². The lowest BCUT2D eigenvalue weighted by Gasteiger charge is -2.32. The van der Waals surface area contributed by atoms with Crippen LogP contribution >= 0.6 is 11.8 Å². The molecule has 0 radical (unpaired) electrons. The second kappa shape index (κ2) is 9.27. The van der Waals surface area contributed by atoms with Crippen LogP contribution < -0.4 is 24.8 Å². The number of para-hydroxylation sites is 1. The Kier molecular flexibility index (Phi) is 6.42. The number of hydrogen-bond donors (Lipinski definition) is 1. The number of nitrogens with zero attached hydrogens (tertiary/aromatic N) is 4. The molecule has 0 aliphatic carbocycles. The molecular formula is C24H28N5O3S+. The predicted molar refractivity (Wildman–Crippen MR) is 130 cm³/mol. The molecule has 1 aromatic heterocycles. The molecule has 1 atom stereocenters. The van der Waals surface area contributed by atoms with Crippen molar-refractivity contribution >= 4 is 29.0 Å². The lowest BCUT2D eigenvalue weighted by atomic mass is 10.0. The van der Waals surface area contributed by atoms with Crippen LogP contribution in [0.4, 0.5) is 11.4 Å². The van der Waals surface area contributed by atoms with E-state index in [4.69, 9.17) is 9.84 Å². The van der Waals surface area contributed by atoms with Crippen LogP contribution in [0.15, 0.2) is 52.4 Å². The highest BCUT2D eigenvalue weighted by Gasteiger charge is 2.46. The van der Waals surface area contributed by atoms with Crippen molar-refractivity contribution in [2.75, 3.05) is 36.3 Å². The molecule has 2 heterocycles. The summed E-state index contributed by atoms with van der Waals surface area (Å²) in [4.78, 5) is 32.9. The zero-order valence-corrected chi connectivity index (χ0v) is 20.3. The summed E-state index contributed by atoms with van der Waals surface area (Å²) in [7, 11) is 1.61. The SMILES string of the molecule is CCN(CC)c1ccc([C@@H]2N(C(C)=O)c3ccccc3-c3c(=O)[nH]c(SC)n[n+]32)c(OC)c1. The molecule has 172 valence electrons. The normalized spacial score (nSPS) is 14.5. The zero-order valence-electron chi connectivity index (χ0n) is 19.5. The van der Waals surface area contributed by atoms with Crippen LogP contribution in [0.1, 0.15) is 32.5 Å². The average molecular weight is 467 g/mol. The zero-order chi connectivity index (χ0) is 23.7. The third-order valence-electron chi connectivity index (χ3n) is 5.91. The molecule has 0 saturated carbocycles. The molecule has 0 unspecified atom stereocenters. The van der Waals surface area contributed by atoms with E-state index >= 15 is 0 Å². The van der Waals surface area contributed by atoms with Crippen LogP contribution in [0.25, 0.3) is 11.3 Å². The monoisotopic (exact) mass is 466 g/mol. The molecule has 1 N–H and O–H groups in total. The first-order chi connectivity index (χ1) is 15.9. The largest absolute Gasteiger partial charge is 0.496 e. The Hall–Kier alpha value is -3.33. The molecule has 0 spiro atoms. The Morgan fingerprint density at radius 1 is 1.24 bits per heavy atom. The number of rotatable bonds is 6. The van der Waals surface area contributed by atoms with Crippen LogP contribution in [0.2, 0.25) is 0 Å². The lowest BCUT2D eigenvalue weighted by molar-refractivity contribution is -0.763. The smallest absolute Gasteiger partial charge is 0.325 e. The van der Waals surface area contributed by atoms with Gasteiger partial charge in [0, 0.05) is 36.9 Å². The van der Waals surface area contributed by atoms with Gasteiger partial charge in [-0.15, -0.1) is 0 Å². The number of thioether (sulfide) groups is 1. The van der Waals surface area contributed by atoms with Crippen LogP contribution in [-0.4, -0.2) is 42.4 Å². The number of nitrogens with one attached hydrogen (secondary N) is 1. The van der Waals surface area contributed by atoms with Crippen LogP contribution in [0.5, 0.6) is 5.75 Å². The van der Waals surface area contributed by atoms with Crippen molar-refractivity contribution < 1.29 is 14.2 Å². The molecule has 0 fully saturated rings. The summed E-state index contributed by atoms with van der Waals surface area (Å²) in [5, 5.41) is 5.18. The molecule has 1 aliphatic rings. The first-order valence-corrected chi connectivity index (χ1v) is 12.1. The van der Waals surface area contributed by atoms with Crippen LogP contribution in [0, 0.1) is 0 Å². The van der Waals surface area contributed by atoms with E-state index in [-0.39, 0.29) is 11.5 Å². The number of methoxy groups -OCH3 is 1. The number of anilines is 2. The minimum absolute atomic E-state index is 0.159. The van der Waals surface area contributed by atoms with Gasteiger partial charge in [0.15, 0.2) is 0 Å². The fourth-order valence-electron chi connectivity index (χ4n) is 4.38. The van der Waals surface area contributed by atoms with Crippen molar-refractivity contribution in [2.24, 2.45) is 0 Å². The highest BCUT2D eigenvalue weighted by Crippen LogP contribution is 2.40. The molecule has 1 amide bonds. The third-order valence-corrected chi connectivity index (χ3v) is 6.48. The van der Waals surface area contributed by atoms with E-state index in [1.54, 1.807) is 16.7 Å². The van der Waals surface area contributed by atoms with E-state index in [1.807, 2.05) is 48.7 Å². The molecule has 0 saturated heterocycles. The van der Waals surface area contributed by atoms with Gasteiger partial charge in [-0.05, 0) is 49.1 Å². The van der Waals surface area contributed by atoms with Gasteiger partial charge in [0.1, 0.15) is 5.75 Å². The first-order valence-electron chi connectivity index (χ1n) is 10.9. The molecule has 9 heteroatoms. The predicted octanol–water partition coefficient (Wildman–Crippen LogP) is 3.21. The molecule has 8 nitrogen and oxygen atoms in total. The molecule has 0 bridgehead atoms. The van der Waals surface area contributed by atoms with Gasteiger partial charge in [0.05, 0.1) is 23.9 Å². The summed E-state index contributed by atoms with van der Waals surface area (Å²) >= 11 is 1.34. The van der Waals surface area contributed by atoms with E-state index in [0.717, 1.165) is 24.3 Å². The average Bonchev–Trinajstić information content (AvgIpc) is 2.83. The maximum Gasteiger partial charge on any atom is 0.325 e. The molecular weight excluding hydrogens is 438 g/mol. The maximum absolute atomic E-state index is 13.2. The highest BCUT2D eigenvalue weighted by molar-refractivity contribution is 7.98. The van der Waals surface area contributed by atoms with Crippen LogP contribution in [0.3, 0.4) is 0 Å². The number of ether oxygens (including phenoxy) is 1.